The highest BCUT2D eigenvalue weighted by Gasteiger charge is 2.22. The zero-order chi connectivity index (χ0) is 21.9. The van der Waals surface area contributed by atoms with Gasteiger partial charge in [0.2, 0.25) is 10.0 Å². The highest BCUT2D eigenvalue weighted by atomic mass is 35.5. The van der Waals surface area contributed by atoms with E-state index < -0.39 is 21.8 Å². The molecule has 0 unspecified atom stereocenters. The summed E-state index contributed by atoms with van der Waals surface area (Å²) in [4.78, 5) is 26.8. The van der Waals surface area contributed by atoms with E-state index in [1.807, 2.05) is 4.90 Å². The molecule has 0 bridgehead atoms. The van der Waals surface area contributed by atoms with Crippen LogP contribution in [0.25, 0.3) is 0 Å². The molecule has 0 atom stereocenters. The number of morpholine rings is 1. The van der Waals surface area contributed by atoms with Gasteiger partial charge in [0.1, 0.15) is 0 Å². The number of nitrogens with two attached hydrogens (primary N) is 1. The summed E-state index contributed by atoms with van der Waals surface area (Å²) in [5.41, 5.74) is 1.23. The van der Waals surface area contributed by atoms with Crippen molar-refractivity contribution in [2.45, 2.75) is 4.90 Å². The molecule has 4 N–H and O–H groups in total. The molecule has 2 aromatic rings. The molecule has 2 aromatic carbocycles. The quantitative estimate of drug-likeness (QED) is 0.629. The highest BCUT2D eigenvalue weighted by Crippen LogP contribution is 2.27. The highest BCUT2D eigenvalue weighted by molar-refractivity contribution is 7.89. The number of sulfonamides is 1. The predicted octanol–water partition coefficient (Wildman–Crippen LogP) is 1.44. The van der Waals surface area contributed by atoms with E-state index >= 15 is 0 Å². The largest absolute Gasteiger partial charge is 0.378 e. The summed E-state index contributed by atoms with van der Waals surface area (Å²) in [7, 11) is -2.53. The molecule has 3 rings (SSSR count). The van der Waals surface area contributed by atoms with Crippen molar-refractivity contribution in [2.24, 2.45) is 5.14 Å². The van der Waals surface area contributed by atoms with Gasteiger partial charge in [0.15, 0.2) is 0 Å². The third-order valence-electron chi connectivity index (χ3n) is 4.59. The fraction of sp³-hybridized carbons (Fsp3) is 0.263. The summed E-state index contributed by atoms with van der Waals surface area (Å²) >= 11 is 6.05. The Bertz CT molecular complexity index is 1080. The second kappa shape index (κ2) is 9.00. The lowest BCUT2D eigenvalue weighted by Crippen LogP contribution is -2.37. The fourth-order valence-corrected chi connectivity index (χ4v) is 3.81. The molecule has 0 radical (unpaired) electrons. The molecule has 2 amide bonds. The van der Waals surface area contributed by atoms with E-state index in [1.54, 1.807) is 12.1 Å². The van der Waals surface area contributed by atoms with Gasteiger partial charge in [0.05, 0.1) is 34.3 Å². The average Bonchev–Trinajstić information content (AvgIpc) is 2.74. The van der Waals surface area contributed by atoms with Crippen LogP contribution in [0.4, 0.5) is 11.4 Å². The first-order valence-electron chi connectivity index (χ1n) is 9.03. The predicted molar refractivity (Wildman–Crippen MR) is 114 cm³/mol. The number of ether oxygens (including phenoxy) is 1. The number of benzene rings is 2. The molecule has 30 heavy (non-hydrogen) atoms. The van der Waals surface area contributed by atoms with Crippen LogP contribution in [-0.2, 0) is 14.8 Å². The molecule has 1 heterocycles. The lowest BCUT2D eigenvalue weighted by atomic mass is 10.1. The second-order valence-electron chi connectivity index (χ2n) is 6.55. The van der Waals surface area contributed by atoms with Crippen LogP contribution >= 0.6 is 11.6 Å². The minimum atomic E-state index is -4.00. The molecule has 0 spiro atoms. The number of nitrogens with one attached hydrogen (secondary N) is 2. The number of hydrogen-bond acceptors (Lipinski definition) is 6. The second-order valence-corrected chi connectivity index (χ2v) is 8.52. The molecule has 0 saturated carbocycles. The standard InChI is InChI=1S/C19H21ClN4O5S/c1-22-18(25)14-10-12(2-4-16(14)20)23-19(26)15-11-13(30(21,27)28)3-5-17(15)24-6-8-29-9-7-24/h2-5,10-11H,6-9H2,1H3,(H,22,25)(H,23,26)(H2,21,27,28). The van der Waals surface area contributed by atoms with Crippen molar-refractivity contribution < 1.29 is 22.7 Å². The molecule has 1 fully saturated rings. The molecule has 0 aromatic heterocycles. The van der Waals surface area contributed by atoms with Gasteiger partial charge < -0.3 is 20.3 Å². The molecule has 9 nitrogen and oxygen atoms in total. The summed E-state index contributed by atoms with van der Waals surface area (Å²) in [6.07, 6.45) is 0. The summed E-state index contributed by atoms with van der Waals surface area (Å²) in [5.74, 6) is -0.950. The molecule has 11 heteroatoms. The third-order valence-corrected chi connectivity index (χ3v) is 5.83. The molecule has 160 valence electrons. The van der Waals surface area contributed by atoms with E-state index in [-0.39, 0.29) is 21.0 Å². The SMILES string of the molecule is CNC(=O)c1cc(NC(=O)c2cc(S(N)(=O)=O)ccc2N2CCOCC2)ccc1Cl. The summed E-state index contributed by atoms with van der Waals surface area (Å²) < 4.78 is 28.9. The lowest BCUT2D eigenvalue weighted by molar-refractivity contribution is 0.0961. The number of primary sulfonamides is 1. The molecular formula is C19H21ClN4O5S. The maximum absolute atomic E-state index is 13.1. The minimum absolute atomic E-state index is 0.139. The Morgan fingerprint density at radius 1 is 1.07 bits per heavy atom. The van der Waals surface area contributed by atoms with Gasteiger partial charge in [-0.2, -0.15) is 0 Å². The number of anilines is 2. The van der Waals surface area contributed by atoms with E-state index in [1.165, 1.54) is 31.3 Å². The zero-order valence-electron chi connectivity index (χ0n) is 16.1. The minimum Gasteiger partial charge on any atom is -0.378 e. The van der Waals surface area contributed by atoms with Gasteiger partial charge in [-0.15, -0.1) is 0 Å². The van der Waals surface area contributed by atoms with Crippen molar-refractivity contribution in [3.05, 3.63) is 52.5 Å². The van der Waals surface area contributed by atoms with Crippen molar-refractivity contribution in [3.63, 3.8) is 0 Å². The Hall–Kier alpha value is -2.66. The van der Waals surface area contributed by atoms with E-state index in [2.05, 4.69) is 10.6 Å². The van der Waals surface area contributed by atoms with Gasteiger partial charge in [-0.1, -0.05) is 11.6 Å². The topological polar surface area (TPSA) is 131 Å². The van der Waals surface area contributed by atoms with E-state index in [9.17, 15) is 18.0 Å². The summed E-state index contributed by atoms with van der Waals surface area (Å²) in [5, 5.41) is 10.6. The first kappa shape index (κ1) is 22.0. The Kier molecular flexibility index (Phi) is 6.61. The molecule has 1 aliphatic heterocycles. The Balaban J connectivity index is 1.98. The molecule has 1 saturated heterocycles. The van der Waals surface area contributed by atoms with Crippen molar-refractivity contribution in [1.82, 2.24) is 5.32 Å². The molecule has 0 aliphatic carbocycles. The number of hydrogen-bond donors (Lipinski definition) is 3. The number of halogens is 1. The van der Waals surface area contributed by atoms with Crippen LogP contribution in [0.3, 0.4) is 0 Å². The first-order valence-corrected chi connectivity index (χ1v) is 11.0. The Morgan fingerprint density at radius 3 is 2.40 bits per heavy atom. The van der Waals surface area contributed by atoms with Crippen molar-refractivity contribution in [2.75, 3.05) is 43.6 Å². The van der Waals surface area contributed by atoms with Crippen LogP contribution < -0.4 is 20.7 Å². The normalized spacial score (nSPS) is 14.3. The van der Waals surface area contributed by atoms with Gasteiger partial charge in [-0.3, -0.25) is 9.59 Å². The van der Waals surface area contributed by atoms with Crippen LogP contribution in [0, 0.1) is 0 Å². The van der Waals surface area contributed by atoms with E-state index in [0.29, 0.717) is 37.7 Å². The molecule has 1 aliphatic rings. The number of amides is 2. The van der Waals surface area contributed by atoms with E-state index in [0.717, 1.165) is 0 Å². The van der Waals surface area contributed by atoms with Gasteiger partial charge in [0.25, 0.3) is 11.8 Å². The van der Waals surface area contributed by atoms with Gasteiger partial charge in [-0.05, 0) is 36.4 Å². The maximum Gasteiger partial charge on any atom is 0.257 e. The van der Waals surface area contributed by atoms with Crippen LogP contribution in [0.1, 0.15) is 20.7 Å². The summed E-state index contributed by atoms with van der Waals surface area (Å²) in [6, 6.07) is 8.64. The van der Waals surface area contributed by atoms with Crippen LogP contribution in [0.15, 0.2) is 41.3 Å². The number of carbonyl (C=O) groups is 2. The lowest BCUT2D eigenvalue weighted by Gasteiger charge is -2.30. The number of carbonyl (C=O) groups excluding carboxylic acids is 2. The van der Waals surface area contributed by atoms with Crippen LogP contribution in [0.2, 0.25) is 5.02 Å². The first-order chi connectivity index (χ1) is 14.2. The van der Waals surface area contributed by atoms with Crippen molar-refractivity contribution in [3.8, 4) is 0 Å². The number of nitrogens with zero attached hydrogens (tertiary/aromatic N) is 1. The number of rotatable bonds is 5. The Morgan fingerprint density at radius 2 is 1.77 bits per heavy atom. The zero-order valence-corrected chi connectivity index (χ0v) is 17.7. The average molecular weight is 453 g/mol. The molecular weight excluding hydrogens is 432 g/mol. The fourth-order valence-electron chi connectivity index (χ4n) is 3.06. The van der Waals surface area contributed by atoms with Crippen LogP contribution in [0.5, 0.6) is 0 Å². The van der Waals surface area contributed by atoms with Crippen LogP contribution in [-0.4, -0.2) is 53.6 Å². The van der Waals surface area contributed by atoms with Gasteiger partial charge in [-0.25, -0.2) is 13.6 Å². The van der Waals surface area contributed by atoms with Gasteiger partial charge >= 0.3 is 0 Å². The monoisotopic (exact) mass is 452 g/mol. The maximum atomic E-state index is 13.1. The summed E-state index contributed by atoms with van der Waals surface area (Å²) in [6.45, 7) is 2.09. The smallest absolute Gasteiger partial charge is 0.257 e. The van der Waals surface area contributed by atoms with Crippen molar-refractivity contribution >= 4 is 44.8 Å². The van der Waals surface area contributed by atoms with Gasteiger partial charge in [0, 0.05) is 31.5 Å². The van der Waals surface area contributed by atoms with E-state index in [4.69, 9.17) is 21.5 Å². The third kappa shape index (κ3) is 4.90. The Labute approximate surface area is 179 Å². The van der Waals surface area contributed by atoms with Crippen molar-refractivity contribution in [1.29, 1.82) is 0 Å².